The first-order valence-electron chi connectivity index (χ1n) is 7.26. The molecule has 20 heavy (non-hydrogen) atoms. The molecule has 0 aromatic carbocycles. The zero-order valence-electron chi connectivity index (χ0n) is 11.9. The van der Waals surface area contributed by atoms with Gasteiger partial charge in [-0.2, -0.15) is 11.3 Å². The second-order valence-corrected chi connectivity index (χ2v) is 6.23. The van der Waals surface area contributed by atoms with E-state index in [1.807, 2.05) is 5.38 Å². The number of carbonyl (C=O) groups is 2. The third-order valence-electron chi connectivity index (χ3n) is 3.88. The average Bonchev–Trinajstić information content (AvgIpc) is 2.95. The summed E-state index contributed by atoms with van der Waals surface area (Å²) in [5.74, 6) is 0.493. The van der Waals surface area contributed by atoms with Crippen LogP contribution < -0.4 is 10.6 Å². The van der Waals surface area contributed by atoms with Gasteiger partial charge in [0.2, 0.25) is 5.91 Å². The lowest BCUT2D eigenvalue weighted by Crippen LogP contribution is -2.42. The van der Waals surface area contributed by atoms with Crippen molar-refractivity contribution in [2.24, 2.45) is 5.92 Å². The molecule has 2 atom stereocenters. The van der Waals surface area contributed by atoms with Crippen LogP contribution in [0.15, 0.2) is 16.8 Å². The number of thiophene rings is 1. The van der Waals surface area contributed by atoms with Crippen molar-refractivity contribution in [3.8, 4) is 0 Å². The maximum atomic E-state index is 11.9. The molecule has 1 aliphatic carbocycles. The molecule has 110 valence electrons. The average molecular weight is 294 g/mol. The minimum Gasteiger partial charge on any atom is -0.353 e. The van der Waals surface area contributed by atoms with Gasteiger partial charge in [0.25, 0.3) is 5.91 Å². The Morgan fingerprint density at radius 2 is 2.15 bits per heavy atom. The smallest absolute Gasteiger partial charge is 0.252 e. The van der Waals surface area contributed by atoms with E-state index in [0.717, 1.165) is 6.42 Å². The Labute approximate surface area is 124 Å². The molecule has 0 radical (unpaired) electrons. The summed E-state index contributed by atoms with van der Waals surface area (Å²) in [6, 6.07) is 2.09. The number of hydrogen-bond acceptors (Lipinski definition) is 3. The highest BCUT2D eigenvalue weighted by molar-refractivity contribution is 7.08. The summed E-state index contributed by atoms with van der Waals surface area (Å²) < 4.78 is 0. The first-order chi connectivity index (χ1) is 9.66. The summed E-state index contributed by atoms with van der Waals surface area (Å²) in [5, 5.41) is 9.53. The third kappa shape index (κ3) is 4.34. The van der Waals surface area contributed by atoms with Crippen molar-refractivity contribution < 1.29 is 9.59 Å². The molecule has 0 saturated heterocycles. The van der Waals surface area contributed by atoms with Crippen molar-refractivity contribution in [2.45, 2.75) is 45.1 Å². The fourth-order valence-corrected chi connectivity index (χ4v) is 3.23. The van der Waals surface area contributed by atoms with Crippen molar-refractivity contribution in [1.29, 1.82) is 0 Å². The van der Waals surface area contributed by atoms with E-state index >= 15 is 0 Å². The lowest BCUT2D eigenvalue weighted by molar-refractivity contribution is -0.122. The maximum absolute atomic E-state index is 11.9. The Morgan fingerprint density at radius 3 is 2.85 bits per heavy atom. The molecular formula is C15H22N2O2S. The topological polar surface area (TPSA) is 58.2 Å². The van der Waals surface area contributed by atoms with Crippen molar-refractivity contribution in [3.63, 3.8) is 0 Å². The van der Waals surface area contributed by atoms with Crippen LogP contribution in [0.1, 0.15) is 49.4 Å². The lowest BCUT2D eigenvalue weighted by Gasteiger charge is -2.29. The van der Waals surface area contributed by atoms with Crippen LogP contribution in [0.3, 0.4) is 0 Å². The summed E-state index contributed by atoms with van der Waals surface area (Å²) in [7, 11) is 0. The molecular weight excluding hydrogens is 272 g/mol. The van der Waals surface area contributed by atoms with E-state index in [1.54, 1.807) is 11.4 Å². The van der Waals surface area contributed by atoms with E-state index in [0.29, 0.717) is 30.5 Å². The predicted molar refractivity (Wildman–Crippen MR) is 80.8 cm³/mol. The Hall–Kier alpha value is -1.36. The number of carbonyl (C=O) groups excluding carboxylic acids is 2. The molecule has 1 aromatic heterocycles. The minimum atomic E-state index is -0.106. The van der Waals surface area contributed by atoms with E-state index in [4.69, 9.17) is 0 Å². The van der Waals surface area contributed by atoms with Crippen molar-refractivity contribution in [1.82, 2.24) is 10.6 Å². The summed E-state index contributed by atoms with van der Waals surface area (Å²) in [6.45, 7) is 2.59. The van der Waals surface area contributed by atoms with Crippen LogP contribution >= 0.6 is 11.3 Å². The van der Waals surface area contributed by atoms with Crippen molar-refractivity contribution >= 4 is 23.2 Å². The van der Waals surface area contributed by atoms with Crippen LogP contribution in [0.2, 0.25) is 0 Å². The highest BCUT2D eigenvalue weighted by Gasteiger charge is 2.22. The summed E-state index contributed by atoms with van der Waals surface area (Å²) >= 11 is 1.49. The van der Waals surface area contributed by atoms with Gasteiger partial charge in [0.1, 0.15) is 0 Å². The second-order valence-electron chi connectivity index (χ2n) is 5.45. The summed E-state index contributed by atoms with van der Waals surface area (Å²) in [5.41, 5.74) is 0.663. The van der Waals surface area contributed by atoms with E-state index in [1.165, 1.54) is 30.6 Å². The highest BCUT2D eigenvalue weighted by Crippen LogP contribution is 2.23. The van der Waals surface area contributed by atoms with Crippen LogP contribution in [-0.4, -0.2) is 24.4 Å². The molecule has 5 heteroatoms. The third-order valence-corrected chi connectivity index (χ3v) is 4.56. The largest absolute Gasteiger partial charge is 0.353 e. The van der Waals surface area contributed by atoms with Gasteiger partial charge < -0.3 is 10.6 Å². The summed E-state index contributed by atoms with van der Waals surface area (Å²) in [4.78, 5) is 23.6. The van der Waals surface area contributed by atoms with Gasteiger partial charge in [-0.05, 0) is 30.2 Å². The number of amides is 2. The molecule has 1 heterocycles. The van der Waals surface area contributed by atoms with Gasteiger partial charge in [-0.25, -0.2) is 0 Å². The van der Waals surface area contributed by atoms with Gasteiger partial charge in [0.05, 0.1) is 0 Å². The fourth-order valence-electron chi connectivity index (χ4n) is 2.59. The second kappa shape index (κ2) is 7.43. The van der Waals surface area contributed by atoms with E-state index in [2.05, 4.69) is 17.6 Å². The van der Waals surface area contributed by atoms with Crippen LogP contribution in [-0.2, 0) is 4.79 Å². The Kier molecular flexibility index (Phi) is 5.59. The zero-order valence-corrected chi connectivity index (χ0v) is 12.7. The van der Waals surface area contributed by atoms with Crippen LogP contribution in [0, 0.1) is 5.92 Å². The molecule has 1 fully saturated rings. The SMILES string of the molecule is CC1CCCCC1NC(=O)CCNC(=O)c1ccsc1. The Bertz CT molecular complexity index is 445. The normalized spacial score (nSPS) is 22.2. The van der Waals surface area contributed by atoms with Gasteiger partial charge in [-0.3, -0.25) is 9.59 Å². The molecule has 1 aliphatic rings. The van der Waals surface area contributed by atoms with E-state index < -0.39 is 0 Å². The molecule has 1 saturated carbocycles. The van der Waals surface area contributed by atoms with E-state index in [-0.39, 0.29) is 11.8 Å². The van der Waals surface area contributed by atoms with Gasteiger partial charge in [-0.15, -0.1) is 0 Å². The first-order valence-corrected chi connectivity index (χ1v) is 8.21. The lowest BCUT2D eigenvalue weighted by atomic mass is 9.86. The fraction of sp³-hybridized carbons (Fsp3) is 0.600. The summed E-state index contributed by atoms with van der Waals surface area (Å²) in [6.07, 6.45) is 5.08. The highest BCUT2D eigenvalue weighted by atomic mass is 32.1. The molecule has 2 rings (SSSR count). The molecule has 1 aromatic rings. The molecule has 0 aliphatic heterocycles. The van der Waals surface area contributed by atoms with Crippen molar-refractivity contribution in [3.05, 3.63) is 22.4 Å². The van der Waals surface area contributed by atoms with Crippen LogP contribution in [0.4, 0.5) is 0 Å². The maximum Gasteiger partial charge on any atom is 0.252 e. The molecule has 2 N–H and O–H groups in total. The number of nitrogens with one attached hydrogen (secondary N) is 2. The zero-order chi connectivity index (χ0) is 14.4. The van der Waals surface area contributed by atoms with Crippen molar-refractivity contribution in [2.75, 3.05) is 6.54 Å². The molecule has 2 unspecified atom stereocenters. The quantitative estimate of drug-likeness (QED) is 0.877. The molecule has 2 amide bonds. The van der Waals surface area contributed by atoms with Gasteiger partial charge in [-0.1, -0.05) is 19.8 Å². The monoisotopic (exact) mass is 294 g/mol. The number of hydrogen-bond donors (Lipinski definition) is 2. The predicted octanol–water partition coefficient (Wildman–Crippen LogP) is 2.56. The number of rotatable bonds is 5. The standard InChI is InChI=1S/C15H22N2O2S/c1-11-4-2-3-5-13(11)17-14(18)6-8-16-15(19)12-7-9-20-10-12/h7,9-11,13H,2-6,8H2,1H3,(H,16,19)(H,17,18). The van der Waals surface area contributed by atoms with E-state index in [9.17, 15) is 9.59 Å². The molecule has 4 nitrogen and oxygen atoms in total. The Balaban J connectivity index is 1.66. The molecule has 0 spiro atoms. The van der Waals surface area contributed by atoms with Gasteiger partial charge in [0, 0.05) is 30.0 Å². The van der Waals surface area contributed by atoms with Gasteiger partial charge in [0.15, 0.2) is 0 Å². The minimum absolute atomic E-state index is 0.0365. The van der Waals surface area contributed by atoms with Crippen LogP contribution in [0.25, 0.3) is 0 Å². The Morgan fingerprint density at radius 1 is 1.35 bits per heavy atom. The molecule has 0 bridgehead atoms. The van der Waals surface area contributed by atoms with Crippen LogP contribution in [0.5, 0.6) is 0 Å². The first kappa shape index (κ1) is 15.0. The van der Waals surface area contributed by atoms with Gasteiger partial charge >= 0.3 is 0 Å².